The first-order valence-electron chi connectivity index (χ1n) is 6.78. The van der Waals surface area contributed by atoms with Crippen molar-refractivity contribution >= 4 is 23.3 Å². The number of nitro groups is 1. The summed E-state index contributed by atoms with van der Waals surface area (Å²) in [6.07, 6.45) is -1.00. The molecule has 1 atom stereocenters. The van der Waals surface area contributed by atoms with E-state index in [0.717, 1.165) is 0 Å². The normalized spacial score (nSPS) is 11.3. The maximum atomic E-state index is 11.9. The standard InChI is InChI=1S/C16H14N2O5/c1-11(15(19)17-13-5-3-2-4-6-13)23-16(20)12-7-9-14(10-8-12)18(21)22/h2-11H,1H3,(H,17,19)/t11-/m0/s1. The smallest absolute Gasteiger partial charge is 0.338 e. The van der Waals surface area contributed by atoms with Gasteiger partial charge < -0.3 is 10.1 Å². The average Bonchev–Trinajstić information content (AvgIpc) is 2.55. The fourth-order valence-corrected chi connectivity index (χ4v) is 1.77. The number of rotatable bonds is 5. The number of hydrogen-bond acceptors (Lipinski definition) is 5. The SMILES string of the molecule is C[C@H](OC(=O)c1ccc([N+](=O)[O-])cc1)C(=O)Nc1ccccc1. The van der Waals surface area contributed by atoms with Crippen LogP contribution in [0.25, 0.3) is 0 Å². The van der Waals surface area contributed by atoms with Gasteiger partial charge in [-0.05, 0) is 31.2 Å². The van der Waals surface area contributed by atoms with E-state index in [1.165, 1.54) is 31.2 Å². The number of para-hydroxylation sites is 1. The predicted octanol–water partition coefficient (Wildman–Crippen LogP) is 2.78. The van der Waals surface area contributed by atoms with Crippen molar-refractivity contribution in [3.8, 4) is 0 Å². The molecule has 0 fully saturated rings. The van der Waals surface area contributed by atoms with Gasteiger partial charge in [0.2, 0.25) is 0 Å². The lowest BCUT2D eigenvalue weighted by atomic mass is 10.2. The van der Waals surface area contributed by atoms with Gasteiger partial charge in [0.25, 0.3) is 11.6 Å². The Bertz CT molecular complexity index is 713. The molecule has 0 saturated heterocycles. The zero-order chi connectivity index (χ0) is 16.8. The van der Waals surface area contributed by atoms with Gasteiger partial charge in [0.1, 0.15) is 0 Å². The summed E-state index contributed by atoms with van der Waals surface area (Å²) in [6.45, 7) is 1.45. The zero-order valence-corrected chi connectivity index (χ0v) is 12.3. The Kier molecular flexibility index (Phi) is 5.03. The van der Waals surface area contributed by atoms with Crippen molar-refractivity contribution in [3.63, 3.8) is 0 Å². The van der Waals surface area contributed by atoms with Crippen LogP contribution in [0.1, 0.15) is 17.3 Å². The number of nitro benzene ring substituents is 1. The minimum atomic E-state index is -1.00. The van der Waals surface area contributed by atoms with Crippen LogP contribution in [-0.2, 0) is 9.53 Å². The number of nitrogens with one attached hydrogen (secondary N) is 1. The molecule has 1 amide bonds. The van der Waals surface area contributed by atoms with Crippen LogP contribution >= 0.6 is 0 Å². The van der Waals surface area contributed by atoms with E-state index in [2.05, 4.69) is 5.32 Å². The molecular weight excluding hydrogens is 300 g/mol. The molecule has 0 bridgehead atoms. The molecule has 0 radical (unpaired) electrons. The summed E-state index contributed by atoms with van der Waals surface area (Å²) in [5, 5.41) is 13.2. The molecule has 0 aliphatic rings. The minimum Gasteiger partial charge on any atom is -0.449 e. The van der Waals surface area contributed by atoms with Gasteiger partial charge >= 0.3 is 5.97 Å². The topological polar surface area (TPSA) is 98.5 Å². The third-order valence-corrected chi connectivity index (χ3v) is 3.01. The molecule has 2 rings (SSSR count). The number of esters is 1. The molecule has 0 unspecified atom stereocenters. The van der Waals surface area contributed by atoms with E-state index in [1.807, 2.05) is 6.07 Å². The average molecular weight is 314 g/mol. The summed E-state index contributed by atoms with van der Waals surface area (Å²) in [5.41, 5.74) is 0.599. The molecular formula is C16H14N2O5. The lowest BCUT2D eigenvalue weighted by Crippen LogP contribution is -2.29. The van der Waals surface area contributed by atoms with E-state index in [4.69, 9.17) is 4.74 Å². The van der Waals surface area contributed by atoms with E-state index < -0.39 is 22.9 Å². The summed E-state index contributed by atoms with van der Waals surface area (Å²) >= 11 is 0. The second-order valence-corrected chi connectivity index (χ2v) is 4.71. The fourth-order valence-electron chi connectivity index (χ4n) is 1.77. The van der Waals surface area contributed by atoms with Crippen LogP contribution in [0.15, 0.2) is 54.6 Å². The minimum absolute atomic E-state index is 0.128. The van der Waals surface area contributed by atoms with Gasteiger partial charge in [-0.2, -0.15) is 0 Å². The molecule has 118 valence electrons. The van der Waals surface area contributed by atoms with Gasteiger partial charge in [0.15, 0.2) is 6.10 Å². The number of hydrogen-bond donors (Lipinski definition) is 1. The van der Waals surface area contributed by atoms with Crippen LogP contribution in [0.3, 0.4) is 0 Å². The summed E-state index contributed by atoms with van der Waals surface area (Å²) < 4.78 is 5.05. The molecule has 0 heterocycles. The first-order valence-corrected chi connectivity index (χ1v) is 6.78. The number of amides is 1. The molecule has 0 aliphatic carbocycles. The van der Waals surface area contributed by atoms with Crippen molar-refractivity contribution in [3.05, 3.63) is 70.3 Å². The van der Waals surface area contributed by atoms with Crippen LogP contribution < -0.4 is 5.32 Å². The van der Waals surface area contributed by atoms with Gasteiger partial charge in [-0.25, -0.2) is 4.79 Å². The number of ether oxygens (including phenoxy) is 1. The Morgan fingerprint density at radius 1 is 1.09 bits per heavy atom. The lowest BCUT2D eigenvalue weighted by Gasteiger charge is -2.13. The second kappa shape index (κ2) is 7.17. The van der Waals surface area contributed by atoms with Gasteiger partial charge in [-0.3, -0.25) is 14.9 Å². The quantitative estimate of drug-likeness (QED) is 0.520. The molecule has 2 aromatic carbocycles. The molecule has 1 N–H and O–H groups in total. The first-order chi connectivity index (χ1) is 11.0. The van der Waals surface area contributed by atoms with Crippen molar-refractivity contribution in [1.82, 2.24) is 0 Å². The van der Waals surface area contributed by atoms with Crippen LogP contribution in [0.4, 0.5) is 11.4 Å². The summed E-state index contributed by atoms with van der Waals surface area (Å²) in [4.78, 5) is 33.9. The maximum Gasteiger partial charge on any atom is 0.338 e. The number of benzene rings is 2. The molecule has 23 heavy (non-hydrogen) atoms. The molecule has 0 aromatic heterocycles. The lowest BCUT2D eigenvalue weighted by molar-refractivity contribution is -0.384. The monoisotopic (exact) mass is 314 g/mol. The predicted molar refractivity (Wildman–Crippen MR) is 83.0 cm³/mol. The molecule has 0 aliphatic heterocycles. The van der Waals surface area contributed by atoms with E-state index in [1.54, 1.807) is 24.3 Å². The highest BCUT2D eigenvalue weighted by molar-refractivity contribution is 5.97. The Hall–Kier alpha value is -3.22. The van der Waals surface area contributed by atoms with Gasteiger partial charge in [-0.15, -0.1) is 0 Å². The van der Waals surface area contributed by atoms with E-state index in [-0.39, 0.29) is 11.3 Å². The molecule has 2 aromatic rings. The number of anilines is 1. The van der Waals surface area contributed by atoms with Gasteiger partial charge in [0, 0.05) is 17.8 Å². The van der Waals surface area contributed by atoms with E-state index >= 15 is 0 Å². The zero-order valence-electron chi connectivity index (χ0n) is 12.3. The maximum absolute atomic E-state index is 11.9. The summed E-state index contributed by atoms with van der Waals surface area (Å²) in [5.74, 6) is -1.19. The van der Waals surface area contributed by atoms with Gasteiger partial charge in [-0.1, -0.05) is 18.2 Å². The fraction of sp³-hybridized carbons (Fsp3) is 0.125. The molecule has 7 heteroatoms. The Morgan fingerprint density at radius 3 is 2.26 bits per heavy atom. The highest BCUT2D eigenvalue weighted by Crippen LogP contribution is 2.14. The van der Waals surface area contributed by atoms with Crippen LogP contribution in [0, 0.1) is 10.1 Å². The largest absolute Gasteiger partial charge is 0.449 e. The molecule has 0 saturated carbocycles. The first kappa shape index (κ1) is 16.2. The van der Waals surface area contributed by atoms with E-state index in [0.29, 0.717) is 5.69 Å². The number of carbonyl (C=O) groups is 2. The Morgan fingerprint density at radius 2 is 1.70 bits per heavy atom. The van der Waals surface area contributed by atoms with Crippen molar-refractivity contribution in [1.29, 1.82) is 0 Å². The summed E-state index contributed by atoms with van der Waals surface area (Å²) in [7, 11) is 0. The van der Waals surface area contributed by atoms with Crippen LogP contribution in [-0.4, -0.2) is 22.9 Å². The highest BCUT2D eigenvalue weighted by atomic mass is 16.6. The van der Waals surface area contributed by atoms with E-state index in [9.17, 15) is 19.7 Å². The molecule has 0 spiro atoms. The van der Waals surface area contributed by atoms with Crippen LogP contribution in [0.5, 0.6) is 0 Å². The highest BCUT2D eigenvalue weighted by Gasteiger charge is 2.19. The molecule has 7 nitrogen and oxygen atoms in total. The third kappa shape index (κ3) is 4.37. The second-order valence-electron chi connectivity index (χ2n) is 4.71. The summed E-state index contributed by atoms with van der Waals surface area (Å²) in [6, 6.07) is 13.7. The number of non-ortho nitro benzene ring substituents is 1. The van der Waals surface area contributed by atoms with Gasteiger partial charge in [0.05, 0.1) is 10.5 Å². The Balaban J connectivity index is 1.96. The van der Waals surface area contributed by atoms with Crippen molar-refractivity contribution in [2.45, 2.75) is 13.0 Å². The third-order valence-electron chi connectivity index (χ3n) is 3.01. The Labute approximate surface area is 132 Å². The van der Waals surface area contributed by atoms with Crippen molar-refractivity contribution < 1.29 is 19.2 Å². The van der Waals surface area contributed by atoms with Crippen LogP contribution in [0.2, 0.25) is 0 Å². The van der Waals surface area contributed by atoms with Crippen molar-refractivity contribution in [2.75, 3.05) is 5.32 Å². The number of nitrogens with zero attached hydrogens (tertiary/aromatic N) is 1. The number of carbonyl (C=O) groups excluding carboxylic acids is 2. The van der Waals surface area contributed by atoms with Crippen molar-refractivity contribution in [2.24, 2.45) is 0 Å².